The number of sulfonamides is 1. The first-order valence-corrected chi connectivity index (χ1v) is 9.02. The molecule has 0 amide bonds. The van der Waals surface area contributed by atoms with Crippen LogP contribution in [0.2, 0.25) is 0 Å². The Labute approximate surface area is 139 Å². The number of aromatic nitrogens is 1. The summed E-state index contributed by atoms with van der Waals surface area (Å²) in [6.45, 7) is 1.85. The monoisotopic (exact) mass is 350 g/mol. The van der Waals surface area contributed by atoms with Gasteiger partial charge in [0.05, 0.1) is 5.75 Å². The molecule has 0 fully saturated rings. The number of anilines is 1. The molecule has 128 valence electrons. The lowest BCUT2D eigenvalue weighted by molar-refractivity contribution is 0.194. The standard InChI is InChI=1S/C16H18N2O5S/c1-2-6-13-9-10-14(15(19)18(13)16(20)21)17-24(22,23)11-12-7-4-3-5-8-12/h3-5,7-10,17H,2,6,11H2,1H3,(H,20,21). The third kappa shape index (κ3) is 4.23. The van der Waals surface area contributed by atoms with Gasteiger partial charge in [0.15, 0.2) is 0 Å². The Kier molecular flexibility index (Phi) is 5.40. The fraction of sp³-hybridized carbons (Fsp3) is 0.250. The van der Waals surface area contributed by atoms with Crippen LogP contribution < -0.4 is 10.3 Å². The van der Waals surface area contributed by atoms with E-state index in [9.17, 15) is 23.1 Å². The Hall–Kier alpha value is -2.61. The van der Waals surface area contributed by atoms with Crippen molar-refractivity contribution in [1.82, 2.24) is 4.57 Å². The molecule has 0 aliphatic heterocycles. The SMILES string of the molecule is CCCc1ccc(NS(=O)(=O)Cc2ccccc2)c(=O)n1C(=O)O. The number of rotatable bonds is 6. The molecule has 2 aromatic rings. The summed E-state index contributed by atoms with van der Waals surface area (Å²) >= 11 is 0. The van der Waals surface area contributed by atoms with Crippen LogP contribution in [0.25, 0.3) is 0 Å². The van der Waals surface area contributed by atoms with Crippen LogP contribution in [0.1, 0.15) is 24.6 Å². The average molecular weight is 350 g/mol. The lowest BCUT2D eigenvalue weighted by Gasteiger charge is -2.12. The lowest BCUT2D eigenvalue weighted by atomic mass is 10.2. The van der Waals surface area contributed by atoms with E-state index < -0.39 is 21.7 Å². The predicted molar refractivity (Wildman–Crippen MR) is 90.8 cm³/mol. The summed E-state index contributed by atoms with van der Waals surface area (Å²) in [6.07, 6.45) is -0.378. The van der Waals surface area contributed by atoms with Gasteiger partial charge in [0.2, 0.25) is 10.0 Å². The van der Waals surface area contributed by atoms with Gasteiger partial charge in [-0.15, -0.1) is 0 Å². The number of aryl methyl sites for hydroxylation is 1. The number of hydrogen-bond donors (Lipinski definition) is 2. The van der Waals surface area contributed by atoms with E-state index in [-0.39, 0.29) is 11.4 Å². The van der Waals surface area contributed by atoms with Gasteiger partial charge >= 0.3 is 6.09 Å². The Morgan fingerprint density at radius 2 is 1.83 bits per heavy atom. The van der Waals surface area contributed by atoms with Gasteiger partial charge in [-0.3, -0.25) is 9.52 Å². The second-order valence-electron chi connectivity index (χ2n) is 5.26. The molecule has 0 saturated carbocycles. The molecule has 1 aromatic heterocycles. The normalized spacial score (nSPS) is 11.2. The first-order valence-electron chi connectivity index (χ1n) is 7.36. The maximum absolute atomic E-state index is 12.3. The van der Waals surface area contributed by atoms with Crippen molar-refractivity contribution in [2.75, 3.05) is 4.72 Å². The number of carboxylic acid groups (broad SMARTS) is 1. The number of carbonyl (C=O) groups is 1. The van der Waals surface area contributed by atoms with E-state index in [1.165, 1.54) is 12.1 Å². The van der Waals surface area contributed by atoms with Gasteiger partial charge in [0.25, 0.3) is 5.56 Å². The van der Waals surface area contributed by atoms with Gasteiger partial charge in [-0.05, 0) is 24.1 Å². The molecule has 8 heteroatoms. The molecule has 0 spiro atoms. The Morgan fingerprint density at radius 1 is 1.17 bits per heavy atom. The van der Waals surface area contributed by atoms with Gasteiger partial charge in [-0.1, -0.05) is 43.7 Å². The van der Waals surface area contributed by atoms with Crippen molar-refractivity contribution in [2.24, 2.45) is 0 Å². The van der Waals surface area contributed by atoms with Crippen LogP contribution >= 0.6 is 0 Å². The van der Waals surface area contributed by atoms with Crippen LogP contribution in [0.4, 0.5) is 10.5 Å². The molecule has 0 unspecified atom stereocenters. The second-order valence-corrected chi connectivity index (χ2v) is 6.98. The van der Waals surface area contributed by atoms with Crippen molar-refractivity contribution >= 4 is 21.8 Å². The van der Waals surface area contributed by atoms with Gasteiger partial charge in [-0.2, -0.15) is 0 Å². The molecule has 0 saturated heterocycles. The van der Waals surface area contributed by atoms with Gasteiger partial charge in [0.1, 0.15) is 5.69 Å². The number of benzene rings is 1. The summed E-state index contributed by atoms with van der Waals surface area (Å²) in [5, 5.41) is 9.22. The third-order valence-electron chi connectivity index (χ3n) is 3.33. The van der Waals surface area contributed by atoms with Crippen molar-refractivity contribution < 1.29 is 18.3 Å². The van der Waals surface area contributed by atoms with E-state index >= 15 is 0 Å². The zero-order valence-electron chi connectivity index (χ0n) is 13.1. The molecule has 2 rings (SSSR count). The van der Waals surface area contributed by atoms with Crippen molar-refractivity contribution in [3.63, 3.8) is 0 Å². The highest BCUT2D eigenvalue weighted by Gasteiger charge is 2.18. The van der Waals surface area contributed by atoms with E-state index in [4.69, 9.17) is 0 Å². The van der Waals surface area contributed by atoms with Crippen LogP contribution in [0.15, 0.2) is 47.3 Å². The van der Waals surface area contributed by atoms with Gasteiger partial charge in [0, 0.05) is 5.69 Å². The molecule has 1 aromatic carbocycles. The number of nitrogens with one attached hydrogen (secondary N) is 1. The van der Waals surface area contributed by atoms with E-state index in [0.717, 1.165) is 0 Å². The minimum atomic E-state index is -3.83. The van der Waals surface area contributed by atoms with Crippen molar-refractivity contribution in [1.29, 1.82) is 0 Å². The van der Waals surface area contributed by atoms with Gasteiger partial charge in [-0.25, -0.2) is 17.8 Å². The second kappa shape index (κ2) is 7.31. The van der Waals surface area contributed by atoms with E-state index in [0.29, 0.717) is 28.7 Å². The molecular weight excluding hydrogens is 332 g/mol. The molecule has 0 aliphatic rings. The molecule has 0 radical (unpaired) electrons. The summed E-state index contributed by atoms with van der Waals surface area (Å²) in [6, 6.07) is 11.2. The molecule has 0 atom stereocenters. The van der Waals surface area contributed by atoms with E-state index in [1.54, 1.807) is 30.3 Å². The number of pyridine rings is 1. The van der Waals surface area contributed by atoms with Crippen molar-refractivity contribution in [3.8, 4) is 0 Å². The highest BCUT2D eigenvalue weighted by atomic mass is 32.2. The molecular formula is C16H18N2O5S. The summed E-state index contributed by atoms with van der Waals surface area (Å²) in [5.74, 6) is -0.308. The van der Waals surface area contributed by atoms with Crippen LogP contribution in [-0.2, 0) is 22.2 Å². The molecule has 0 bridgehead atoms. The Bertz CT molecular complexity index is 888. The first-order chi connectivity index (χ1) is 11.3. The minimum Gasteiger partial charge on any atom is -0.464 e. The summed E-state index contributed by atoms with van der Waals surface area (Å²) in [7, 11) is -3.83. The molecule has 0 aliphatic carbocycles. The van der Waals surface area contributed by atoms with Crippen LogP contribution in [-0.4, -0.2) is 24.2 Å². The lowest BCUT2D eigenvalue weighted by Crippen LogP contribution is -2.32. The maximum atomic E-state index is 12.3. The summed E-state index contributed by atoms with van der Waals surface area (Å²) in [5.41, 5.74) is -0.301. The maximum Gasteiger partial charge on any atom is 0.418 e. The zero-order chi connectivity index (χ0) is 17.7. The fourth-order valence-corrected chi connectivity index (χ4v) is 3.51. The van der Waals surface area contributed by atoms with Crippen molar-refractivity contribution in [3.05, 3.63) is 64.1 Å². The smallest absolute Gasteiger partial charge is 0.418 e. The van der Waals surface area contributed by atoms with Crippen LogP contribution in [0, 0.1) is 0 Å². The molecule has 7 nitrogen and oxygen atoms in total. The molecule has 24 heavy (non-hydrogen) atoms. The average Bonchev–Trinajstić information content (AvgIpc) is 2.50. The van der Waals surface area contributed by atoms with E-state index in [2.05, 4.69) is 4.72 Å². The zero-order valence-corrected chi connectivity index (χ0v) is 13.9. The van der Waals surface area contributed by atoms with Crippen LogP contribution in [0.3, 0.4) is 0 Å². The van der Waals surface area contributed by atoms with Gasteiger partial charge < -0.3 is 5.11 Å². The quantitative estimate of drug-likeness (QED) is 0.831. The topological polar surface area (TPSA) is 105 Å². The largest absolute Gasteiger partial charge is 0.464 e. The van der Waals surface area contributed by atoms with Crippen molar-refractivity contribution in [2.45, 2.75) is 25.5 Å². The fourth-order valence-electron chi connectivity index (χ4n) is 2.31. The highest BCUT2D eigenvalue weighted by molar-refractivity contribution is 7.91. The molecule has 1 heterocycles. The first kappa shape index (κ1) is 17.7. The Balaban J connectivity index is 2.34. The predicted octanol–water partition coefficient (Wildman–Crippen LogP) is 2.27. The summed E-state index contributed by atoms with van der Waals surface area (Å²) in [4.78, 5) is 23.6. The number of hydrogen-bond acceptors (Lipinski definition) is 4. The third-order valence-corrected chi connectivity index (χ3v) is 4.57. The molecule has 2 N–H and O–H groups in total. The Morgan fingerprint density at radius 3 is 2.42 bits per heavy atom. The minimum absolute atomic E-state index is 0.284. The van der Waals surface area contributed by atoms with Crippen LogP contribution in [0.5, 0.6) is 0 Å². The summed E-state index contributed by atoms with van der Waals surface area (Å²) < 4.78 is 27.2. The highest BCUT2D eigenvalue weighted by Crippen LogP contribution is 2.11. The number of nitrogens with zero attached hydrogens (tertiary/aromatic N) is 1. The van der Waals surface area contributed by atoms with E-state index in [1.807, 2.05) is 6.92 Å².